The molecule has 620 valence electrons. The number of benzene rings is 8. The molecule has 13 aromatic rings. The van der Waals surface area contributed by atoms with Gasteiger partial charge in [0.15, 0.2) is 45.6 Å². The van der Waals surface area contributed by atoms with Gasteiger partial charge in [-0.1, -0.05) is 243 Å². The summed E-state index contributed by atoms with van der Waals surface area (Å²) in [4.78, 5) is 107. The van der Waals surface area contributed by atoms with Gasteiger partial charge in [0.2, 0.25) is 21.7 Å². The highest BCUT2D eigenvalue weighted by atomic mass is 31.0. The Kier molecular flexibility index (Phi) is 25.2. The van der Waals surface area contributed by atoms with Crippen LogP contribution in [0.4, 0.5) is 0 Å². The standard InChI is InChI=1S/2C24H23N3O3.2C24H21N3O3.H2P.HP/c4*28-19-15-25-27-21(18-13-7-8-14-26(18)24(30)22(27)23(19)29)20(16-9-3-1-4-10-16)17-11-5-2-6-12-17;;/h2*1-6,9-12,15,18,20-21,29H,7-8,13-14H2;1-6,9-12,15,20,29H,7-8,13-14H2;1-6,9-12,15,18,29H,7-8,13-14H2;1H2;1H/q;;;;-1;-2. The number of nitrogens with zero attached hydrogens (tertiary/aromatic N) is 12. The van der Waals surface area contributed by atoms with Gasteiger partial charge in [-0.2, -0.15) is 20.4 Å². The smallest absolute Gasteiger partial charge is 0.280 e. The number of carbonyl (C=O) groups excluding carboxylic acids is 3. The molecule has 0 bridgehead atoms. The van der Waals surface area contributed by atoms with Crippen LogP contribution in [-0.4, -0.2) is 134 Å². The van der Waals surface area contributed by atoms with Crippen molar-refractivity contribution in [3.8, 4) is 23.0 Å². The molecule has 24 nitrogen and oxygen atoms in total. The molecule has 0 saturated carbocycles. The molecule has 3 fully saturated rings. The minimum Gasteiger partial charge on any atom is -1.51 e. The normalized spacial score (nSPS) is 17.9. The quantitative estimate of drug-likeness (QED) is 0.0875. The fraction of sp³-hybridized carbons (Fsp3) is 0.250. The van der Waals surface area contributed by atoms with Crippen LogP contribution < -0.4 is 27.3 Å². The zero-order valence-electron chi connectivity index (χ0n) is 66.8. The third-order valence-electron chi connectivity index (χ3n) is 24.4. The Labute approximate surface area is 709 Å². The van der Waals surface area contributed by atoms with E-state index in [-0.39, 0.29) is 114 Å². The first-order valence-corrected chi connectivity index (χ1v) is 41.0. The number of hydrogen-bond donors (Lipinski definition) is 4. The zero-order chi connectivity index (χ0) is 82.7. The van der Waals surface area contributed by atoms with Crippen molar-refractivity contribution in [1.82, 2.24) is 58.2 Å². The maximum Gasteiger partial charge on any atom is 0.280 e. The summed E-state index contributed by atoms with van der Waals surface area (Å²) in [5, 5.41) is 59.4. The Morgan fingerprint density at radius 1 is 0.361 bits per heavy atom. The molecule has 3 saturated heterocycles. The Morgan fingerprint density at radius 2 is 0.705 bits per heavy atom. The van der Waals surface area contributed by atoms with E-state index in [1.54, 1.807) is 18.8 Å². The molecule has 12 heterocycles. The lowest BCUT2D eigenvalue weighted by Gasteiger charge is -2.47. The Balaban J connectivity index is 0.000000126. The first kappa shape index (κ1) is 83.7. The molecule has 122 heavy (non-hydrogen) atoms. The van der Waals surface area contributed by atoms with E-state index in [1.807, 2.05) is 180 Å². The van der Waals surface area contributed by atoms with Crippen LogP contribution >= 0.6 is 19.8 Å². The van der Waals surface area contributed by atoms with Crippen LogP contribution in [0.3, 0.4) is 0 Å². The molecule has 3 amide bonds. The number of aromatic nitrogens is 9. The van der Waals surface area contributed by atoms with Gasteiger partial charge < -0.3 is 59.5 Å². The Morgan fingerprint density at radius 3 is 1.13 bits per heavy atom. The first-order chi connectivity index (χ1) is 58.7. The Hall–Kier alpha value is -13.3. The van der Waals surface area contributed by atoms with Gasteiger partial charge >= 0.3 is 0 Å². The molecule has 8 aromatic carbocycles. The molecule has 5 unspecified atom stereocenters. The molecule has 5 aromatic heterocycles. The number of piperidine rings is 3. The monoisotopic (exact) mass is 1670 g/mol. The highest BCUT2D eigenvalue weighted by molar-refractivity contribution is 6.92. The average Bonchev–Trinajstić information content (AvgIpc) is 0.747. The van der Waals surface area contributed by atoms with Crippen molar-refractivity contribution < 1.29 is 34.8 Å². The average molecular weight is 1670 g/mol. The lowest BCUT2D eigenvalue weighted by atomic mass is 9.77. The van der Waals surface area contributed by atoms with Crippen LogP contribution in [0.2, 0.25) is 0 Å². The third-order valence-corrected chi connectivity index (χ3v) is 24.4. The second-order valence-corrected chi connectivity index (χ2v) is 31.2. The van der Waals surface area contributed by atoms with Crippen molar-refractivity contribution in [3.63, 3.8) is 0 Å². The van der Waals surface area contributed by atoms with E-state index < -0.39 is 44.7 Å². The van der Waals surface area contributed by atoms with Crippen molar-refractivity contribution >= 4 is 54.3 Å². The molecule has 26 heteroatoms. The summed E-state index contributed by atoms with van der Waals surface area (Å²) in [7, 11) is 0. The van der Waals surface area contributed by atoms with Crippen LogP contribution in [0.5, 0.6) is 23.0 Å². The summed E-state index contributed by atoms with van der Waals surface area (Å²) in [6, 6.07) is 80.0. The van der Waals surface area contributed by atoms with E-state index in [1.165, 1.54) is 9.20 Å². The maximum atomic E-state index is 13.2. The van der Waals surface area contributed by atoms with Gasteiger partial charge in [-0.25, -0.2) is 9.20 Å². The minimum atomic E-state index is -0.648. The number of amides is 3. The summed E-state index contributed by atoms with van der Waals surface area (Å²) in [6.45, 7) is 2.40. The van der Waals surface area contributed by atoms with Gasteiger partial charge in [-0.15, -0.1) is 0 Å². The van der Waals surface area contributed by atoms with Crippen LogP contribution in [-0.2, 0) is 13.0 Å². The van der Waals surface area contributed by atoms with Crippen molar-refractivity contribution in [1.29, 1.82) is 0 Å². The van der Waals surface area contributed by atoms with E-state index in [0.29, 0.717) is 26.2 Å². The first-order valence-electron chi connectivity index (χ1n) is 41.0. The molecule has 7 aliphatic rings. The molecular formula is C96H91N12O12P2-3. The molecule has 4 N–H and O–H groups in total. The van der Waals surface area contributed by atoms with E-state index >= 15 is 0 Å². The van der Waals surface area contributed by atoms with Gasteiger partial charge in [-0.05, 0) is 122 Å². The SMILES string of the molecule is O=C1c2c(O)c(=O)cnn2C(=C(c2ccccc2)c2ccccc2)C2CCCCN12.O=C1c2c(O)c(=O)cnn2C(C(c2ccccc2)c2ccccc2)C2CCCCN12.O=C1c2c(O)c(=O)cnn2C(C(c2ccccc2)c2ccccc2)C2CCCCN12.O=c1cnn2c(C(c3ccccc3)c3ccccc3)c3n(c(=O)c2c1O)CCCC3.[PH-2].[PH2-]. The molecule has 7 aliphatic heterocycles. The highest BCUT2D eigenvalue weighted by Crippen LogP contribution is 2.49. The van der Waals surface area contributed by atoms with E-state index in [4.69, 9.17) is 0 Å². The second kappa shape index (κ2) is 36.7. The fourth-order valence-corrected chi connectivity index (χ4v) is 19.0. The van der Waals surface area contributed by atoms with Crippen molar-refractivity contribution in [2.24, 2.45) is 0 Å². The molecule has 0 radical (unpaired) electrons. The summed E-state index contributed by atoms with van der Waals surface area (Å²) in [5.41, 5.74) is 9.00. The van der Waals surface area contributed by atoms with Crippen molar-refractivity contribution in [2.75, 3.05) is 19.6 Å². The molecular weight excluding hydrogens is 1580 g/mol. The minimum absolute atomic E-state index is 0. The van der Waals surface area contributed by atoms with Crippen molar-refractivity contribution in [3.05, 3.63) is 392 Å². The van der Waals surface area contributed by atoms with Crippen LogP contribution in [0.25, 0.3) is 16.8 Å². The predicted molar refractivity (Wildman–Crippen MR) is 471 cm³/mol. The van der Waals surface area contributed by atoms with E-state index in [2.05, 4.69) is 93.2 Å². The zero-order valence-corrected chi connectivity index (χ0v) is 69.0. The number of aromatic hydroxyl groups is 4. The summed E-state index contributed by atoms with van der Waals surface area (Å²) < 4.78 is 7.90. The molecule has 20 rings (SSSR count). The Bertz CT molecular complexity index is 6010. The maximum absolute atomic E-state index is 13.2. The van der Waals surface area contributed by atoms with Gasteiger partial charge in [0.25, 0.3) is 23.3 Å². The summed E-state index contributed by atoms with van der Waals surface area (Å²) >= 11 is 0. The van der Waals surface area contributed by atoms with E-state index in [9.17, 15) is 58.8 Å². The van der Waals surface area contributed by atoms with Crippen LogP contribution in [0.1, 0.15) is 188 Å². The lowest BCUT2D eigenvalue weighted by molar-refractivity contribution is 0.0350. The number of rotatable bonds is 11. The van der Waals surface area contributed by atoms with Crippen LogP contribution in [0.15, 0.2) is 291 Å². The molecule has 5 atom stereocenters. The van der Waals surface area contributed by atoms with Crippen LogP contribution in [0, 0.1) is 0 Å². The highest BCUT2D eigenvalue weighted by Gasteiger charge is 2.50. The topological polar surface area (TPSA) is 303 Å². The molecule has 0 spiro atoms. The number of fused-ring (bicyclic) bond motifs is 8. The van der Waals surface area contributed by atoms with Gasteiger partial charge in [0.1, 0.15) is 0 Å². The van der Waals surface area contributed by atoms with Gasteiger partial charge in [-0.3, -0.25) is 47.7 Å². The van der Waals surface area contributed by atoms with E-state index in [0.717, 1.165) is 169 Å². The lowest BCUT2D eigenvalue weighted by Crippen LogP contribution is -2.55. The fourth-order valence-electron chi connectivity index (χ4n) is 19.0. The van der Waals surface area contributed by atoms with Gasteiger partial charge in [0, 0.05) is 49.3 Å². The third kappa shape index (κ3) is 15.8. The van der Waals surface area contributed by atoms with Gasteiger partial charge in [0.05, 0.1) is 72.3 Å². The summed E-state index contributed by atoms with van der Waals surface area (Å²) in [5.74, 6) is -3.44. The molecule has 0 aliphatic carbocycles. The largest absolute Gasteiger partial charge is 1.51 e. The second-order valence-electron chi connectivity index (χ2n) is 31.2. The number of hydrogen-bond acceptors (Lipinski definition) is 16. The number of carbonyl (C=O) groups is 3. The predicted octanol–water partition coefficient (Wildman–Crippen LogP) is 14.0. The summed E-state index contributed by atoms with van der Waals surface area (Å²) in [6.07, 6.45) is 15.3. The van der Waals surface area contributed by atoms with Crippen molar-refractivity contribution in [2.45, 2.75) is 132 Å².